The van der Waals surface area contributed by atoms with Crippen LogP contribution in [-0.2, 0) is 10.8 Å². The number of nitrogens with one attached hydrogen (secondary N) is 1. The molecule has 0 radical (unpaired) electrons. The highest BCUT2D eigenvalue weighted by atomic mass is 16.3. The highest BCUT2D eigenvalue weighted by Gasteiger charge is 2.32. The minimum absolute atomic E-state index is 0.275. The van der Waals surface area contributed by atoms with Crippen molar-refractivity contribution in [2.45, 2.75) is 38.5 Å². The molecule has 170 valence electrons. The van der Waals surface area contributed by atoms with Gasteiger partial charge in [0.1, 0.15) is 11.3 Å². The predicted molar refractivity (Wildman–Crippen MR) is 138 cm³/mol. The summed E-state index contributed by atoms with van der Waals surface area (Å²) in [6.07, 6.45) is 0. The first-order chi connectivity index (χ1) is 16.3. The number of aromatic hydroxyl groups is 1. The minimum atomic E-state index is -0.416. The number of nitrogens with zero attached hydrogens (tertiary/aromatic N) is 2. The van der Waals surface area contributed by atoms with Crippen LogP contribution in [0.1, 0.15) is 49.9 Å². The number of hydrogen-bond acceptors (Lipinski definition) is 3. The molecular formula is C30H29N3O. The van der Waals surface area contributed by atoms with Crippen LogP contribution in [0.3, 0.4) is 0 Å². The Morgan fingerprint density at radius 1 is 0.647 bits per heavy atom. The van der Waals surface area contributed by atoms with Gasteiger partial charge in [-0.25, -0.2) is 0 Å². The van der Waals surface area contributed by atoms with Gasteiger partial charge in [-0.1, -0.05) is 112 Å². The van der Waals surface area contributed by atoms with Crippen LogP contribution in [0, 0.1) is 0 Å². The molecule has 0 unspecified atom stereocenters. The number of hydrogen-bond donors (Lipinski definition) is 2. The maximum Gasteiger partial charge on any atom is 0.127 e. The first kappa shape index (κ1) is 21.9. The summed E-state index contributed by atoms with van der Waals surface area (Å²) in [6, 6.07) is 31.0. The quantitative estimate of drug-likeness (QED) is 0.305. The minimum Gasteiger partial charge on any atom is -0.507 e. The van der Waals surface area contributed by atoms with E-state index in [4.69, 9.17) is 0 Å². The number of phenols is 1. The molecule has 1 aromatic heterocycles. The van der Waals surface area contributed by atoms with E-state index < -0.39 is 5.41 Å². The Morgan fingerprint density at radius 2 is 1.26 bits per heavy atom. The van der Waals surface area contributed by atoms with E-state index in [1.165, 1.54) is 5.56 Å². The topological polar surface area (TPSA) is 61.8 Å². The first-order valence-electron chi connectivity index (χ1n) is 11.6. The Hall–Kier alpha value is -3.92. The molecule has 4 aromatic carbocycles. The van der Waals surface area contributed by atoms with Gasteiger partial charge in [-0.3, -0.25) is 5.10 Å². The van der Waals surface area contributed by atoms with E-state index >= 15 is 0 Å². The maximum absolute atomic E-state index is 11.7. The number of aromatic amines is 1. The van der Waals surface area contributed by atoms with Gasteiger partial charge in [-0.15, -0.1) is 5.10 Å². The van der Waals surface area contributed by atoms with Crippen molar-refractivity contribution in [3.05, 3.63) is 113 Å². The van der Waals surface area contributed by atoms with Gasteiger partial charge in [-0.2, -0.15) is 0 Å². The lowest BCUT2D eigenvalue weighted by molar-refractivity contribution is 0.454. The first-order valence-corrected chi connectivity index (χ1v) is 11.6. The summed E-state index contributed by atoms with van der Waals surface area (Å²) in [5, 5.41) is 23.0. The zero-order chi connectivity index (χ0) is 23.9. The smallest absolute Gasteiger partial charge is 0.127 e. The van der Waals surface area contributed by atoms with Crippen molar-refractivity contribution in [1.29, 1.82) is 0 Å². The maximum atomic E-state index is 11.7. The number of aromatic nitrogens is 3. The highest BCUT2D eigenvalue weighted by molar-refractivity contribution is 5.93. The van der Waals surface area contributed by atoms with Gasteiger partial charge < -0.3 is 5.11 Å². The monoisotopic (exact) mass is 447 g/mol. The molecule has 34 heavy (non-hydrogen) atoms. The van der Waals surface area contributed by atoms with Gasteiger partial charge in [0.25, 0.3) is 0 Å². The summed E-state index contributed by atoms with van der Waals surface area (Å²) in [5.41, 5.74) is 6.90. The molecule has 1 heterocycles. The molecule has 5 rings (SSSR count). The van der Waals surface area contributed by atoms with Crippen molar-refractivity contribution in [1.82, 2.24) is 15.4 Å². The van der Waals surface area contributed by atoms with E-state index in [-0.39, 0.29) is 11.2 Å². The van der Waals surface area contributed by atoms with Crippen LogP contribution in [0.15, 0.2) is 91.0 Å². The second kappa shape index (κ2) is 8.14. The molecule has 4 nitrogen and oxygen atoms in total. The number of phenolic OH excluding ortho intramolecular Hbond substituents is 1. The number of rotatable bonds is 5. The number of fused-ring (bicyclic) bond motifs is 1. The van der Waals surface area contributed by atoms with Crippen molar-refractivity contribution < 1.29 is 5.11 Å². The van der Waals surface area contributed by atoms with Crippen molar-refractivity contribution in [2.24, 2.45) is 0 Å². The largest absolute Gasteiger partial charge is 0.507 e. The van der Waals surface area contributed by atoms with Crippen molar-refractivity contribution in [2.75, 3.05) is 0 Å². The van der Waals surface area contributed by atoms with E-state index in [1.54, 1.807) is 0 Å². The molecule has 0 aliphatic carbocycles. The molecule has 0 amide bonds. The van der Waals surface area contributed by atoms with Gasteiger partial charge in [0.15, 0.2) is 0 Å². The zero-order valence-corrected chi connectivity index (χ0v) is 20.0. The molecule has 4 heteroatoms. The summed E-state index contributed by atoms with van der Waals surface area (Å²) in [4.78, 5) is 0. The zero-order valence-electron chi connectivity index (χ0n) is 20.0. The lowest BCUT2D eigenvalue weighted by atomic mass is 9.71. The lowest BCUT2D eigenvalue weighted by Crippen LogP contribution is -2.23. The summed E-state index contributed by atoms with van der Waals surface area (Å²) < 4.78 is 0. The van der Waals surface area contributed by atoms with Crippen molar-refractivity contribution in [3.8, 4) is 16.9 Å². The van der Waals surface area contributed by atoms with Gasteiger partial charge >= 0.3 is 0 Å². The number of benzene rings is 4. The van der Waals surface area contributed by atoms with Crippen LogP contribution >= 0.6 is 0 Å². The van der Waals surface area contributed by atoms with E-state index in [0.29, 0.717) is 0 Å². The molecule has 0 spiro atoms. The van der Waals surface area contributed by atoms with E-state index in [1.807, 2.05) is 42.5 Å². The second-order valence-electron chi connectivity index (χ2n) is 9.92. The van der Waals surface area contributed by atoms with Gasteiger partial charge in [0.2, 0.25) is 0 Å². The lowest BCUT2D eigenvalue weighted by Gasteiger charge is -2.32. The van der Waals surface area contributed by atoms with Crippen LogP contribution in [0.4, 0.5) is 0 Å². The van der Waals surface area contributed by atoms with Crippen molar-refractivity contribution in [3.63, 3.8) is 0 Å². The van der Waals surface area contributed by atoms with E-state index in [2.05, 4.69) is 91.6 Å². The third kappa shape index (κ3) is 3.56. The Kier molecular flexibility index (Phi) is 5.24. The van der Waals surface area contributed by atoms with Gasteiger partial charge in [-0.05, 0) is 28.8 Å². The van der Waals surface area contributed by atoms with Crippen LogP contribution in [0.2, 0.25) is 0 Å². The van der Waals surface area contributed by atoms with E-state index in [0.717, 1.165) is 38.9 Å². The van der Waals surface area contributed by atoms with Crippen LogP contribution in [-0.4, -0.2) is 20.5 Å². The molecule has 2 N–H and O–H groups in total. The molecule has 0 fully saturated rings. The molecular weight excluding hydrogens is 418 g/mol. The Morgan fingerprint density at radius 3 is 1.91 bits per heavy atom. The third-order valence-corrected chi connectivity index (χ3v) is 7.14. The molecule has 0 bridgehead atoms. The average molecular weight is 448 g/mol. The number of H-pyrrole nitrogens is 1. The fraction of sp³-hybridized carbons (Fsp3) is 0.200. The highest BCUT2D eigenvalue weighted by Crippen LogP contribution is 2.46. The Bertz CT molecular complexity index is 1450. The molecule has 0 saturated heterocycles. The van der Waals surface area contributed by atoms with Gasteiger partial charge in [0.05, 0.1) is 5.52 Å². The molecule has 0 saturated carbocycles. The standard InChI is InChI=1S/C30H29N3O/c1-29(2,20-12-7-5-8-13-20)22-18-24(23-16-11-17-26-27(23)32-33-31-26)28(34)25(19-22)30(3,4)21-14-9-6-10-15-21/h5-19,34H,1-4H3,(H,31,32,33). The molecule has 0 atom stereocenters. The summed E-state index contributed by atoms with van der Waals surface area (Å²) in [7, 11) is 0. The normalized spacial score (nSPS) is 12.2. The Labute approximate surface area is 200 Å². The van der Waals surface area contributed by atoms with E-state index in [9.17, 15) is 5.11 Å². The van der Waals surface area contributed by atoms with Crippen molar-refractivity contribution >= 4 is 11.0 Å². The Balaban J connectivity index is 1.81. The van der Waals surface area contributed by atoms with Gasteiger partial charge in [0, 0.05) is 27.5 Å². The van der Waals surface area contributed by atoms with Crippen LogP contribution in [0.5, 0.6) is 5.75 Å². The SMILES string of the molecule is CC(C)(c1ccccc1)c1cc(-c2cccc3[nH]nnc23)c(O)c(C(C)(C)c2ccccc2)c1. The average Bonchev–Trinajstić information content (AvgIpc) is 3.34. The fourth-order valence-electron chi connectivity index (χ4n) is 4.80. The molecule has 0 aliphatic rings. The molecule has 0 aliphatic heterocycles. The molecule has 5 aromatic rings. The predicted octanol–water partition coefficient (Wildman–Crippen LogP) is 6.98. The fourth-order valence-corrected chi connectivity index (χ4v) is 4.80. The summed E-state index contributed by atoms with van der Waals surface area (Å²) in [6.45, 7) is 8.79. The summed E-state index contributed by atoms with van der Waals surface area (Å²) in [5.74, 6) is 0.275. The second-order valence-corrected chi connectivity index (χ2v) is 9.92. The van der Waals surface area contributed by atoms with Crippen LogP contribution in [0.25, 0.3) is 22.2 Å². The van der Waals surface area contributed by atoms with Crippen LogP contribution < -0.4 is 0 Å². The third-order valence-electron chi connectivity index (χ3n) is 7.14. The summed E-state index contributed by atoms with van der Waals surface area (Å²) >= 11 is 0.